The Kier molecular flexibility index (Phi) is 3.16. The molecule has 1 N–H and O–H groups in total. The van der Waals surface area contributed by atoms with Crippen LogP contribution in [0.5, 0.6) is 0 Å². The fourth-order valence-electron chi connectivity index (χ4n) is 1.70. The third kappa shape index (κ3) is 2.32. The molecular formula is C13H11NO3. The van der Waals surface area contributed by atoms with Gasteiger partial charge >= 0.3 is 0 Å². The Morgan fingerprint density at radius 2 is 1.59 bits per heavy atom. The van der Waals surface area contributed by atoms with Crippen LogP contribution >= 0.6 is 0 Å². The number of benzene rings is 2. The molecule has 0 saturated heterocycles. The SMILES string of the molecule is O=[N+]([O-])c1ccccc1[C@H](O)c1ccccc1. The molecule has 0 fully saturated rings. The van der Waals surface area contributed by atoms with E-state index in [-0.39, 0.29) is 5.69 Å². The Labute approximate surface area is 98.3 Å². The molecule has 0 heterocycles. The predicted molar refractivity (Wildman–Crippen MR) is 63.6 cm³/mol. The summed E-state index contributed by atoms with van der Waals surface area (Å²) in [6, 6.07) is 15.1. The zero-order valence-electron chi connectivity index (χ0n) is 8.98. The molecule has 0 aliphatic carbocycles. The van der Waals surface area contributed by atoms with Gasteiger partial charge in [0.05, 0.1) is 10.5 Å². The number of aliphatic hydroxyl groups excluding tert-OH is 1. The van der Waals surface area contributed by atoms with Crippen molar-refractivity contribution in [1.82, 2.24) is 0 Å². The topological polar surface area (TPSA) is 63.4 Å². The highest BCUT2D eigenvalue weighted by atomic mass is 16.6. The van der Waals surface area contributed by atoms with Crippen molar-refractivity contribution >= 4 is 5.69 Å². The fraction of sp³-hybridized carbons (Fsp3) is 0.0769. The largest absolute Gasteiger partial charge is 0.383 e. The fourth-order valence-corrected chi connectivity index (χ4v) is 1.70. The summed E-state index contributed by atoms with van der Waals surface area (Å²) in [4.78, 5) is 10.4. The highest BCUT2D eigenvalue weighted by molar-refractivity contribution is 5.44. The van der Waals surface area contributed by atoms with E-state index in [1.807, 2.05) is 6.07 Å². The molecule has 0 saturated carbocycles. The Hall–Kier alpha value is -2.20. The van der Waals surface area contributed by atoms with Crippen LogP contribution in [0.3, 0.4) is 0 Å². The molecule has 0 amide bonds. The van der Waals surface area contributed by atoms with Crippen molar-refractivity contribution < 1.29 is 10.0 Å². The van der Waals surface area contributed by atoms with E-state index in [4.69, 9.17) is 0 Å². The lowest BCUT2D eigenvalue weighted by atomic mass is 10.0. The molecule has 0 aromatic heterocycles. The Bertz CT molecular complexity index is 525. The van der Waals surface area contributed by atoms with Crippen LogP contribution in [0.2, 0.25) is 0 Å². The number of rotatable bonds is 3. The summed E-state index contributed by atoms with van der Waals surface area (Å²) in [5, 5.41) is 21.0. The minimum atomic E-state index is -0.974. The van der Waals surface area contributed by atoms with E-state index < -0.39 is 11.0 Å². The predicted octanol–water partition coefficient (Wildman–Crippen LogP) is 2.68. The second-order valence-corrected chi connectivity index (χ2v) is 3.63. The van der Waals surface area contributed by atoms with Gasteiger partial charge in [-0.15, -0.1) is 0 Å². The standard InChI is InChI=1S/C13H11NO3/c15-13(10-6-2-1-3-7-10)11-8-4-5-9-12(11)14(16)17/h1-9,13,15H/t13-/m1/s1. The van der Waals surface area contributed by atoms with E-state index in [2.05, 4.69) is 0 Å². The Balaban J connectivity index is 2.44. The molecule has 0 aliphatic rings. The van der Waals surface area contributed by atoms with Crippen LogP contribution in [-0.4, -0.2) is 10.0 Å². The molecule has 0 spiro atoms. The molecule has 86 valence electrons. The van der Waals surface area contributed by atoms with Crippen LogP contribution in [0.1, 0.15) is 17.2 Å². The summed E-state index contributed by atoms with van der Waals surface area (Å²) in [7, 11) is 0. The molecule has 4 heteroatoms. The van der Waals surface area contributed by atoms with E-state index in [1.165, 1.54) is 6.07 Å². The van der Waals surface area contributed by atoms with Crippen molar-refractivity contribution in [2.45, 2.75) is 6.10 Å². The minimum Gasteiger partial charge on any atom is -0.383 e. The zero-order valence-corrected chi connectivity index (χ0v) is 8.98. The molecule has 17 heavy (non-hydrogen) atoms. The van der Waals surface area contributed by atoms with E-state index in [0.717, 1.165) is 0 Å². The third-order valence-electron chi connectivity index (χ3n) is 2.54. The van der Waals surface area contributed by atoms with Gasteiger partial charge < -0.3 is 5.11 Å². The van der Waals surface area contributed by atoms with Crippen LogP contribution in [-0.2, 0) is 0 Å². The van der Waals surface area contributed by atoms with Gasteiger partial charge in [0.25, 0.3) is 5.69 Å². The Morgan fingerprint density at radius 1 is 1.00 bits per heavy atom. The minimum absolute atomic E-state index is 0.0659. The second-order valence-electron chi connectivity index (χ2n) is 3.63. The van der Waals surface area contributed by atoms with Crippen molar-refractivity contribution in [3.8, 4) is 0 Å². The molecule has 0 aliphatic heterocycles. The molecular weight excluding hydrogens is 218 g/mol. The highest BCUT2D eigenvalue weighted by Gasteiger charge is 2.20. The average molecular weight is 229 g/mol. The molecule has 0 bridgehead atoms. The summed E-state index contributed by atoms with van der Waals surface area (Å²) in [6.45, 7) is 0. The highest BCUT2D eigenvalue weighted by Crippen LogP contribution is 2.29. The lowest BCUT2D eigenvalue weighted by molar-refractivity contribution is -0.386. The summed E-state index contributed by atoms with van der Waals surface area (Å²) in [5.74, 6) is 0. The van der Waals surface area contributed by atoms with E-state index in [0.29, 0.717) is 11.1 Å². The zero-order chi connectivity index (χ0) is 12.3. The van der Waals surface area contributed by atoms with Gasteiger partial charge in [0.15, 0.2) is 0 Å². The third-order valence-corrected chi connectivity index (χ3v) is 2.54. The van der Waals surface area contributed by atoms with Gasteiger partial charge in [0.2, 0.25) is 0 Å². The van der Waals surface area contributed by atoms with Gasteiger partial charge in [-0.1, -0.05) is 42.5 Å². The number of hydrogen-bond acceptors (Lipinski definition) is 3. The first-order valence-corrected chi connectivity index (χ1v) is 5.16. The van der Waals surface area contributed by atoms with Crippen molar-refractivity contribution in [1.29, 1.82) is 0 Å². The summed E-state index contributed by atoms with van der Waals surface area (Å²) < 4.78 is 0. The normalized spacial score (nSPS) is 12.1. The van der Waals surface area contributed by atoms with E-state index in [1.54, 1.807) is 42.5 Å². The maximum absolute atomic E-state index is 10.9. The average Bonchev–Trinajstić information content (AvgIpc) is 2.39. The number of nitro benzene ring substituents is 1. The number of nitro groups is 1. The van der Waals surface area contributed by atoms with E-state index in [9.17, 15) is 15.2 Å². The van der Waals surface area contributed by atoms with Gasteiger partial charge in [-0.05, 0) is 11.6 Å². The van der Waals surface area contributed by atoms with Crippen molar-refractivity contribution in [3.63, 3.8) is 0 Å². The lowest BCUT2D eigenvalue weighted by Gasteiger charge is -2.11. The van der Waals surface area contributed by atoms with Gasteiger partial charge in [0.1, 0.15) is 6.10 Å². The first kappa shape index (κ1) is 11.3. The molecule has 2 aromatic carbocycles. The smallest absolute Gasteiger partial charge is 0.275 e. The van der Waals surface area contributed by atoms with Crippen LogP contribution in [0.4, 0.5) is 5.69 Å². The lowest BCUT2D eigenvalue weighted by Crippen LogP contribution is -2.03. The van der Waals surface area contributed by atoms with E-state index >= 15 is 0 Å². The Morgan fingerprint density at radius 3 is 2.24 bits per heavy atom. The number of aliphatic hydroxyl groups is 1. The van der Waals surface area contributed by atoms with Gasteiger partial charge in [-0.2, -0.15) is 0 Å². The number of para-hydroxylation sites is 1. The summed E-state index contributed by atoms with van der Waals surface area (Å²) >= 11 is 0. The molecule has 4 nitrogen and oxygen atoms in total. The molecule has 1 atom stereocenters. The maximum Gasteiger partial charge on any atom is 0.275 e. The summed E-state index contributed by atoms with van der Waals surface area (Å²) in [5.41, 5.74) is 0.884. The van der Waals surface area contributed by atoms with Crippen molar-refractivity contribution in [2.75, 3.05) is 0 Å². The molecule has 2 rings (SSSR count). The first-order chi connectivity index (χ1) is 8.20. The quantitative estimate of drug-likeness (QED) is 0.650. The molecule has 0 radical (unpaired) electrons. The molecule has 2 aromatic rings. The first-order valence-electron chi connectivity index (χ1n) is 5.16. The second kappa shape index (κ2) is 4.76. The molecule has 0 unspecified atom stereocenters. The van der Waals surface area contributed by atoms with Crippen LogP contribution < -0.4 is 0 Å². The van der Waals surface area contributed by atoms with Gasteiger partial charge in [0, 0.05) is 6.07 Å². The number of nitrogens with zero attached hydrogens (tertiary/aromatic N) is 1. The van der Waals surface area contributed by atoms with Crippen LogP contribution in [0.25, 0.3) is 0 Å². The monoisotopic (exact) mass is 229 g/mol. The van der Waals surface area contributed by atoms with Crippen LogP contribution in [0.15, 0.2) is 54.6 Å². The van der Waals surface area contributed by atoms with Crippen LogP contribution in [0, 0.1) is 10.1 Å². The van der Waals surface area contributed by atoms with Crippen molar-refractivity contribution in [2.24, 2.45) is 0 Å². The van der Waals surface area contributed by atoms with Gasteiger partial charge in [-0.25, -0.2) is 0 Å². The number of hydrogen-bond donors (Lipinski definition) is 1. The summed E-state index contributed by atoms with van der Waals surface area (Å²) in [6.07, 6.45) is -0.974. The van der Waals surface area contributed by atoms with Crippen molar-refractivity contribution in [3.05, 3.63) is 75.8 Å². The maximum atomic E-state index is 10.9. The van der Waals surface area contributed by atoms with Gasteiger partial charge in [-0.3, -0.25) is 10.1 Å².